The van der Waals surface area contributed by atoms with Crippen LogP contribution in [0.3, 0.4) is 0 Å². The molecule has 1 aliphatic heterocycles. The molecule has 188 valence electrons. The van der Waals surface area contributed by atoms with Gasteiger partial charge in [0.25, 0.3) is 5.91 Å². The number of hydrogen-bond donors (Lipinski definition) is 1. The first-order valence-corrected chi connectivity index (χ1v) is 11.1. The van der Waals surface area contributed by atoms with Crippen molar-refractivity contribution in [3.63, 3.8) is 0 Å². The third-order valence-corrected chi connectivity index (χ3v) is 6.28. The summed E-state index contributed by atoms with van der Waals surface area (Å²) in [6.45, 7) is 3.20. The number of nitrogens with one attached hydrogen (secondary N) is 1. The quantitative estimate of drug-likeness (QED) is 0.497. The highest BCUT2D eigenvalue weighted by molar-refractivity contribution is 6.40. The predicted molar refractivity (Wildman–Crippen MR) is 129 cm³/mol. The van der Waals surface area contributed by atoms with E-state index in [4.69, 9.17) is 23.2 Å². The molecule has 0 saturated carbocycles. The SMILES string of the molecule is CC(=O)N1CCN(Cc2c(C(F)(F)F)nc3c(NC(=O)c4c(Cl)cccc4Cl)cccn23)CC1.Cl. The molecule has 2 amide bonds. The molecule has 0 radical (unpaired) electrons. The lowest BCUT2D eigenvalue weighted by Gasteiger charge is -2.34. The Hall–Kier alpha value is -2.53. The topological polar surface area (TPSA) is 70.0 Å². The van der Waals surface area contributed by atoms with Gasteiger partial charge in [-0.3, -0.25) is 14.5 Å². The van der Waals surface area contributed by atoms with Crippen molar-refractivity contribution in [1.82, 2.24) is 19.2 Å². The summed E-state index contributed by atoms with van der Waals surface area (Å²) < 4.78 is 43.0. The smallest absolute Gasteiger partial charge is 0.340 e. The average molecular weight is 551 g/mol. The van der Waals surface area contributed by atoms with E-state index in [0.29, 0.717) is 26.2 Å². The van der Waals surface area contributed by atoms with E-state index in [1.807, 2.05) is 4.90 Å². The standard InChI is InChI=1S/C22H20Cl2F3N5O2.ClH/c1-13(33)31-10-8-30(9-11-31)12-17-19(22(25,26)27)29-20-16(6-3-7-32(17)20)28-21(34)18-14(23)4-2-5-15(18)24;/h2-7H,8-12H2,1H3,(H,28,34);1H. The van der Waals surface area contributed by atoms with Crippen LogP contribution in [0.15, 0.2) is 36.5 Å². The van der Waals surface area contributed by atoms with Crippen molar-refractivity contribution in [1.29, 1.82) is 0 Å². The van der Waals surface area contributed by atoms with Crippen molar-refractivity contribution in [2.24, 2.45) is 0 Å². The highest BCUT2D eigenvalue weighted by Gasteiger charge is 2.39. The molecule has 0 unspecified atom stereocenters. The molecule has 1 saturated heterocycles. The predicted octanol–water partition coefficient (Wildman–Crippen LogP) is 5.00. The van der Waals surface area contributed by atoms with Crippen molar-refractivity contribution in [3.05, 3.63) is 63.5 Å². The molecular weight excluding hydrogens is 530 g/mol. The van der Waals surface area contributed by atoms with Gasteiger partial charge in [0.15, 0.2) is 11.3 Å². The zero-order chi connectivity index (χ0) is 24.6. The van der Waals surface area contributed by atoms with Crippen LogP contribution in [0, 0.1) is 0 Å². The molecule has 2 aromatic heterocycles. The van der Waals surface area contributed by atoms with Crippen molar-refractivity contribution in [2.75, 3.05) is 31.5 Å². The second-order valence-electron chi connectivity index (χ2n) is 7.85. The normalized spacial score (nSPS) is 14.6. The maximum absolute atomic E-state index is 13.9. The number of amides is 2. The Morgan fingerprint density at radius 2 is 1.69 bits per heavy atom. The summed E-state index contributed by atoms with van der Waals surface area (Å²) in [6, 6.07) is 7.54. The Labute approximate surface area is 215 Å². The molecule has 0 spiro atoms. The zero-order valence-electron chi connectivity index (χ0n) is 18.4. The van der Waals surface area contributed by atoms with Crippen molar-refractivity contribution in [2.45, 2.75) is 19.6 Å². The fourth-order valence-corrected chi connectivity index (χ4v) is 4.49. The van der Waals surface area contributed by atoms with E-state index in [2.05, 4.69) is 10.3 Å². The van der Waals surface area contributed by atoms with Crippen molar-refractivity contribution >= 4 is 58.8 Å². The van der Waals surface area contributed by atoms with Gasteiger partial charge >= 0.3 is 6.18 Å². The van der Waals surface area contributed by atoms with E-state index in [1.165, 1.54) is 41.8 Å². The van der Waals surface area contributed by atoms with Crippen molar-refractivity contribution in [3.8, 4) is 0 Å². The number of rotatable bonds is 4. The molecule has 4 rings (SSSR count). The molecule has 3 aromatic rings. The van der Waals surface area contributed by atoms with E-state index >= 15 is 0 Å². The highest BCUT2D eigenvalue weighted by Crippen LogP contribution is 2.34. The number of pyridine rings is 1. The first-order chi connectivity index (χ1) is 16.1. The fraction of sp³-hybridized carbons (Fsp3) is 0.318. The van der Waals surface area contributed by atoms with Gasteiger partial charge in [-0.15, -0.1) is 12.4 Å². The first kappa shape index (κ1) is 27.1. The number of nitrogens with zero attached hydrogens (tertiary/aromatic N) is 4. The zero-order valence-corrected chi connectivity index (χ0v) is 20.7. The van der Waals surface area contributed by atoms with Gasteiger partial charge in [-0.05, 0) is 24.3 Å². The molecule has 3 heterocycles. The van der Waals surface area contributed by atoms with E-state index in [1.54, 1.807) is 11.0 Å². The van der Waals surface area contributed by atoms with Crippen molar-refractivity contribution < 1.29 is 22.8 Å². The maximum Gasteiger partial charge on any atom is 0.435 e. The number of piperazine rings is 1. The summed E-state index contributed by atoms with van der Waals surface area (Å²) in [5, 5.41) is 2.81. The van der Waals surface area contributed by atoms with Gasteiger partial charge in [-0.25, -0.2) is 4.98 Å². The van der Waals surface area contributed by atoms with E-state index in [0.717, 1.165) is 0 Å². The third-order valence-electron chi connectivity index (χ3n) is 5.65. The summed E-state index contributed by atoms with van der Waals surface area (Å²) in [4.78, 5) is 31.7. The number of fused-ring (bicyclic) bond motifs is 1. The monoisotopic (exact) mass is 549 g/mol. The minimum absolute atomic E-state index is 0. The number of benzene rings is 1. The molecule has 0 atom stereocenters. The molecule has 1 N–H and O–H groups in total. The second kappa shape index (κ2) is 10.6. The number of imidazole rings is 1. The van der Waals surface area contributed by atoms with Gasteiger partial charge in [-0.1, -0.05) is 29.3 Å². The summed E-state index contributed by atoms with van der Waals surface area (Å²) in [6.07, 6.45) is -3.23. The van der Waals surface area contributed by atoms with Crippen LogP contribution in [0.5, 0.6) is 0 Å². The first-order valence-electron chi connectivity index (χ1n) is 10.4. The Morgan fingerprint density at radius 1 is 1.06 bits per heavy atom. The minimum atomic E-state index is -4.70. The van der Waals surface area contributed by atoms with Crippen LogP contribution in [-0.2, 0) is 17.5 Å². The summed E-state index contributed by atoms with van der Waals surface area (Å²) in [7, 11) is 0. The van der Waals surface area contributed by atoms with E-state index in [-0.39, 0.29) is 57.5 Å². The molecule has 0 aliphatic carbocycles. The number of anilines is 1. The van der Waals surface area contributed by atoms with Gasteiger partial charge in [0.05, 0.1) is 27.0 Å². The molecule has 1 aliphatic rings. The van der Waals surface area contributed by atoms with Crippen LogP contribution in [0.1, 0.15) is 28.7 Å². The Morgan fingerprint density at radius 3 is 2.26 bits per heavy atom. The van der Waals surface area contributed by atoms with Crippen LogP contribution >= 0.6 is 35.6 Å². The largest absolute Gasteiger partial charge is 0.435 e. The third kappa shape index (κ3) is 5.66. The molecule has 1 aromatic carbocycles. The molecule has 0 bridgehead atoms. The molecule has 7 nitrogen and oxygen atoms in total. The molecule has 1 fully saturated rings. The van der Waals surface area contributed by atoms with Gasteiger partial charge < -0.3 is 14.6 Å². The fourth-order valence-electron chi connectivity index (χ4n) is 3.92. The van der Waals surface area contributed by atoms with Gasteiger partial charge in [-0.2, -0.15) is 13.2 Å². The molecule has 13 heteroatoms. The minimum Gasteiger partial charge on any atom is -0.340 e. The lowest BCUT2D eigenvalue weighted by Crippen LogP contribution is -2.47. The summed E-state index contributed by atoms with van der Waals surface area (Å²) in [5.41, 5.74) is -1.03. The van der Waals surface area contributed by atoms with Crippen LogP contribution in [0.2, 0.25) is 10.0 Å². The molecule has 35 heavy (non-hydrogen) atoms. The Bertz CT molecular complexity index is 1240. The van der Waals surface area contributed by atoms with Gasteiger partial charge in [0.1, 0.15) is 0 Å². The number of carbonyl (C=O) groups is 2. The highest BCUT2D eigenvalue weighted by atomic mass is 35.5. The van der Waals surface area contributed by atoms with Crippen LogP contribution in [0.25, 0.3) is 5.65 Å². The molecular formula is C22H21Cl3F3N5O2. The van der Waals surface area contributed by atoms with E-state index < -0.39 is 17.8 Å². The lowest BCUT2D eigenvalue weighted by molar-refractivity contribution is -0.141. The number of alkyl halides is 3. The summed E-state index contributed by atoms with van der Waals surface area (Å²) >= 11 is 12.2. The second-order valence-corrected chi connectivity index (χ2v) is 8.67. The van der Waals surface area contributed by atoms with Gasteiger partial charge in [0, 0.05) is 45.8 Å². The lowest BCUT2D eigenvalue weighted by atomic mass is 10.2. The van der Waals surface area contributed by atoms with Gasteiger partial charge in [0.2, 0.25) is 5.91 Å². The maximum atomic E-state index is 13.9. The number of halogens is 6. The van der Waals surface area contributed by atoms with Crippen LogP contribution in [-0.4, -0.2) is 57.2 Å². The van der Waals surface area contributed by atoms with Crippen LogP contribution < -0.4 is 5.32 Å². The van der Waals surface area contributed by atoms with E-state index in [9.17, 15) is 22.8 Å². The number of aromatic nitrogens is 2. The number of carbonyl (C=O) groups excluding carboxylic acids is 2. The summed E-state index contributed by atoms with van der Waals surface area (Å²) in [5.74, 6) is -0.730. The average Bonchev–Trinajstić information content (AvgIpc) is 3.14. The Balaban J connectivity index is 0.00000342. The van der Waals surface area contributed by atoms with Crippen LogP contribution in [0.4, 0.5) is 18.9 Å². The number of hydrogen-bond acceptors (Lipinski definition) is 4. The Kier molecular flexibility index (Phi) is 8.21.